The molecule has 1 aromatic heterocycles. The number of aryl methyl sites for hydroxylation is 1. The Labute approximate surface area is 168 Å². The second kappa shape index (κ2) is 8.48. The van der Waals surface area contributed by atoms with Gasteiger partial charge in [0.2, 0.25) is 11.2 Å². The minimum Gasteiger partial charge on any atom is -0.476 e. The molecule has 0 bridgehead atoms. The van der Waals surface area contributed by atoms with Crippen molar-refractivity contribution in [1.82, 2.24) is 4.90 Å². The number of nitrogens with zero attached hydrogens (tertiary/aromatic N) is 1. The van der Waals surface area contributed by atoms with E-state index in [1.165, 1.54) is 0 Å². The summed E-state index contributed by atoms with van der Waals surface area (Å²) < 4.78 is 11.7. The van der Waals surface area contributed by atoms with E-state index in [1.807, 2.05) is 26.8 Å². The molecule has 6 heteroatoms. The van der Waals surface area contributed by atoms with Crippen molar-refractivity contribution in [2.24, 2.45) is 0 Å². The van der Waals surface area contributed by atoms with Gasteiger partial charge in [-0.05, 0) is 62.7 Å². The topological polar surface area (TPSA) is 59.8 Å². The van der Waals surface area contributed by atoms with Crippen LogP contribution in [0.3, 0.4) is 0 Å². The Balaban J connectivity index is 2.10. The van der Waals surface area contributed by atoms with E-state index in [2.05, 4.69) is 0 Å². The lowest BCUT2D eigenvalue weighted by atomic mass is 10.1. The Morgan fingerprint density at radius 3 is 2.43 bits per heavy atom. The molecule has 0 aliphatic carbocycles. The zero-order valence-electron chi connectivity index (χ0n) is 16.1. The van der Waals surface area contributed by atoms with Gasteiger partial charge in [-0.25, -0.2) is 0 Å². The van der Waals surface area contributed by atoms with Crippen molar-refractivity contribution in [3.8, 4) is 17.1 Å². The SMILES string of the molecule is CCN(CC)C(=O)COc1c(-c2ccc(Cl)cc2)oc2cc(C)ccc2c1=O. The number of hydrogen-bond acceptors (Lipinski definition) is 4. The van der Waals surface area contributed by atoms with Crippen molar-refractivity contribution in [2.75, 3.05) is 19.7 Å². The molecule has 1 amide bonds. The Kier molecular flexibility index (Phi) is 6.05. The van der Waals surface area contributed by atoms with Crippen LogP contribution in [0, 0.1) is 6.92 Å². The Bertz CT molecular complexity index is 1050. The van der Waals surface area contributed by atoms with Gasteiger partial charge < -0.3 is 14.1 Å². The van der Waals surface area contributed by atoms with E-state index in [4.69, 9.17) is 20.8 Å². The molecular formula is C22H22ClNO4. The molecule has 0 spiro atoms. The van der Waals surface area contributed by atoms with E-state index < -0.39 is 0 Å². The maximum absolute atomic E-state index is 13.1. The first-order valence-electron chi connectivity index (χ1n) is 9.18. The second-order valence-corrected chi connectivity index (χ2v) is 6.89. The summed E-state index contributed by atoms with van der Waals surface area (Å²) in [6, 6.07) is 12.3. The lowest BCUT2D eigenvalue weighted by Crippen LogP contribution is -2.35. The molecule has 5 nitrogen and oxygen atoms in total. The van der Waals surface area contributed by atoms with Gasteiger partial charge in [-0.2, -0.15) is 0 Å². The van der Waals surface area contributed by atoms with Crippen molar-refractivity contribution in [1.29, 1.82) is 0 Å². The predicted molar refractivity (Wildman–Crippen MR) is 111 cm³/mol. The number of hydrogen-bond donors (Lipinski definition) is 0. The van der Waals surface area contributed by atoms with E-state index in [9.17, 15) is 9.59 Å². The number of carbonyl (C=O) groups is 1. The highest BCUT2D eigenvalue weighted by Crippen LogP contribution is 2.32. The number of carbonyl (C=O) groups excluding carboxylic acids is 1. The molecule has 3 rings (SSSR count). The third-order valence-corrected chi connectivity index (χ3v) is 4.82. The molecule has 146 valence electrons. The molecule has 0 aliphatic heterocycles. The maximum Gasteiger partial charge on any atom is 0.260 e. The number of likely N-dealkylation sites (N-methyl/N-ethyl adjacent to an activating group) is 1. The van der Waals surface area contributed by atoms with Gasteiger partial charge in [0.25, 0.3) is 5.91 Å². The molecule has 1 heterocycles. The van der Waals surface area contributed by atoms with Gasteiger partial charge in [0, 0.05) is 23.7 Å². The molecule has 0 saturated carbocycles. The first-order valence-corrected chi connectivity index (χ1v) is 9.56. The summed E-state index contributed by atoms with van der Waals surface area (Å²) in [4.78, 5) is 27.1. The molecule has 0 fully saturated rings. The zero-order valence-corrected chi connectivity index (χ0v) is 16.9. The highest BCUT2D eigenvalue weighted by atomic mass is 35.5. The standard InChI is InChI=1S/C22H22ClNO4/c1-4-24(5-2)19(25)13-27-22-20(26)17-11-6-14(3)12-18(17)28-21(22)15-7-9-16(23)10-8-15/h6-12H,4-5,13H2,1-3H3. The summed E-state index contributed by atoms with van der Waals surface area (Å²) in [6.07, 6.45) is 0. The third kappa shape index (κ3) is 4.04. The lowest BCUT2D eigenvalue weighted by Gasteiger charge is -2.19. The number of benzene rings is 2. The average Bonchev–Trinajstić information content (AvgIpc) is 2.68. The van der Waals surface area contributed by atoms with Crippen LogP contribution in [-0.4, -0.2) is 30.5 Å². The Hall–Kier alpha value is -2.79. The molecule has 2 aromatic carbocycles. The van der Waals surface area contributed by atoms with E-state index in [0.29, 0.717) is 34.6 Å². The first kappa shape index (κ1) is 20.0. The summed E-state index contributed by atoms with van der Waals surface area (Å²) in [5, 5.41) is 0.982. The molecule has 28 heavy (non-hydrogen) atoms. The maximum atomic E-state index is 13.1. The summed E-state index contributed by atoms with van der Waals surface area (Å²) in [6.45, 7) is 6.64. The highest BCUT2D eigenvalue weighted by molar-refractivity contribution is 6.30. The van der Waals surface area contributed by atoms with Gasteiger partial charge in [-0.3, -0.25) is 9.59 Å². The van der Waals surface area contributed by atoms with Crippen molar-refractivity contribution < 1.29 is 13.9 Å². The second-order valence-electron chi connectivity index (χ2n) is 6.45. The minimum atomic E-state index is -0.307. The number of amides is 1. The van der Waals surface area contributed by atoms with Crippen molar-refractivity contribution >= 4 is 28.5 Å². The van der Waals surface area contributed by atoms with E-state index in [-0.39, 0.29) is 29.5 Å². The fourth-order valence-electron chi connectivity index (χ4n) is 3.01. The smallest absolute Gasteiger partial charge is 0.260 e. The van der Waals surface area contributed by atoms with Crippen LogP contribution in [0.25, 0.3) is 22.3 Å². The van der Waals surface area contributed by atoms with Crippen molar-refractivity contribution in [3.05, 3.63) is 63.3 Å². The molecule has 0 unspecified atom stereocenters. The van der Waals surface area contributed by atoms with E-state index in [0.717, 1.165) is 5.56 Å². The molecule has 0 atom stereocenters. The van der Waals surface area contributed by atoms with Crippen molar-refractivity contribution in [3.63, 3.8) is 0 Å². The van der Waals surface area contributed by atoms with Crippen LogP contribution >= 0.6 is 11.6 Å². The van der Waals surface area contributed by atoms with Gasteiger partial charge in [-0.1, -0.05) is 17.7 Å². The normalized spacial score (nSPS) is 10.9. The van der Waals surface area contributed by atoms with E-state index >= 15 is 0 Å². The largest absolute Gasteiger partial charge is 0.476 e. The van der Waals surface area contributed by atoms with E-state index in [1.54, 1.807) is 41.3 Å². The molecular weight excluding hydrogens is 378 g/mol. The first-order chi connectivity index (χ1) is 13.4. The average molecular weight is 400 g/mol. The van der Waals surface area contributed by atoms with Gasteiger partial charge in [0.1, 0.15) is 5.58 Å². The van der Waals surface area contributed by atoms with Gasteiger partial charge in [-0.15, -0.1) is 0 Å². The zero-order chi connectivity index (χ0) is 20.3. The van der Waals surface area contributed by atoms with Crippen LogP contribution in [0.15, 0.2) is 51.7 Å². The highest BCUT2D eigenvalue weighted by Gasteiger charge is 2.20. The lowest BCUT2D eigenvalue weighted by molar-refractivity contribution is -0.132. The number of rotatable bonds is 6. The summed E-state index contributed by atoms with van der Waals surface area (Å²) in [7, 11) is 0. The number of fused-ring (bicyclic) bond motifs is 1. The Morgan fingerprint density at radius 2 is 1.79 bits per heavy atom. The van der Waals surface area contributed by atoms with Crippen LogP contribution in [-0.2, 0) is 4.79 Å². The number of ether oxygens (including phenoxy) is 1. The third-order valence-electron chi connectivity index (χ3n) is 4.57. The monoisotopic (exact) mass is 399 g/mol. The van der Waals surface area contributed by atoms with Crippen LogP contribution in [0.1, 0.15) is 19.4 Å². The molecule has 0 N–H and O–H groups in total. The fourth-order valence-corrected chi connectivity index (χ4v) is 3.13. The molecule has 0 aliphatic rings. The summed E-state index contributed by atoms with van der Waals surface area (Å²) in [5.41, 5.74) is 1.79. The van der Waals surface area contributed by atoms with Crippen molar-refractivity contribution in [2.45, 2.75) is 20.8 Å². The molecule has 3 aromatic rings. The van der Waals surface area contributed by atoms with Gasteiger partial charge in [0.15, 0.2) is 12.4 Å². The predicted octanol–water partition coefficient (Wildman–Crippen LogP) is 4.67. The summed E-state index contributed by atoms with van der Waals surface area (Å²) in [5.74, 6) is 0.127. The summed E-state index contributed by atoms with van der Waals surface area (Å²) >= 11 is 5.98. The quantitative estimate of drug-likeness (QED) is 0.604. The molecule has 0 radical (unpaired) electrons. The fraction of sp³-hybridized carbons (Fsp3) is 0.273. The van der Waals surface area contributed by atoms with Crippen LogP contribution in [0.4, 0.5) is 0 Å². The van der Waals surface area contributed by atoms with Gasteiger partial charge in [0.05, 0.1) is 5.39 Å². The molecule has 0 saturated heterocycles. The Morgan fingerprint density at radius 1 is 1.11 bits per heavy atom. The van der Waals surface area contributed by atoms with Crippen LogP contribution < -0.4 is 10.2 Å². The minimum absolute atomic E-state index is 0.0270. The number of halogens is 1. The van der Waals surface area contributed by atoms with Crippen LogP contribution in [0.5, 0.6) is 5.75 Å². The van der Waals surface area contributed by atoms with Gasteiger partial charge >= 0.3 is 0 Å². The van der Waals surface area contributed by atoms with Crippen LogP contribution in [0.2, 0.25) is 5.02 Å².